The van der Waals surface area contributed by atoms with Crippen molar-refractivity contribution in [2.75, 3.05) is 6.54 Å². The van der Waals surface area contributed by atoms with Gasteiger partial charge in [-0.05, 0) is 26.7 Å². The van der Waals surface area contributed by atoms with Crippen LogP contribution in [-0.4, -0.2) is 30.6 Å². The summed E-state index contributed by atoms with van der Waals surface area (Å²) in [6.07, 6.45) is 4.44. The molecule has 1 fully saturated rings. The fourth-order valence-corrected chi connectivity index (χ4v) is 1.89. The Hall–Kier alpha value is -1.26. The number of hydrogen-bond donors (Lipinski definition) is 3. The molecule has 1 saturated carbocycles. The van der Waals surface area contributed by atoms with Crippen molar-refractivity contribution in [3.05, 3.63) is 0 Å². The van der Waals surface area contributed by atoms with Crippen molar-refractivity contribution < 1.29 is 9.59 Å². The van der Waals surface area contributed by atoms with Crippen molar-refractivity contribution in [1.29, 1.82) is 0 Å². The third-order valence-electron chi connectivity index (χ3n) is 2.78. The Bertz CT molecular complexity index is 250. The molecule has 0 radical (unpaired) electrons. The lowest BCUT2D eigenvalue weighted by atomic mass is 10.2. The highest BCUT2D eigenvalue weighted by Gasteiger charge is 2.19. The molecule has 0 aromatic heterocycles. The van der Waals surface area contributed by atoms with Gasteiger partial charge in [0.15, 0.2) is 0 Å². The summed E-state index contributed by atoms with van der Waals surface area (Å²) < 4.78 is 0. The zero-order valence-corrected chi connectivity index (χ0v) is 10.0. The molecule has 0 heterocycles. The third-order valence-corrected chi connectivity index (χ3v) is 2.78. The first-order chi connectivity index (χ1) is 7.63. The maximum absolute atomic E-state index is 11.5. The quantitative estimate of drug-likeness (QED) is 0.663. The predicted octanol–water partition coefficient (Wildman–Crippen LogP) is 0.753. The molecule has 16 heavy (non-hydrogen) atoms. The van der Waals surface area contributed by atoms with Crippen molar-refractivity contribution in [3.8, 4) is 0 Å². The number of hydrogen-bond acceptors (Lipinski definition) is 2. The minimum Gasteiger partial charge on any atom is -0.355 e. The molecule has 0 aromatic rings. The van der Waals surface area contributed by atoms with E-state index in [1.807, 2.05) is 6.92 Å². The SMILES string of the molecule is CCNC(=O)C(C)NC(=O)NC1CCCC1. The summed E-state index contributed by atoms with van der Waals surface area (Å²) in [6.45, 7) is 4.11. The molecule has 5 heteroatoms. The Kier molecular flexibility index (Phi) is 5.08. The van der Waals surface area contributed by atoms with Crippen LogP contribution < -0.4 is 16.0 Å². The van der Waals surface area contributed by atoms with E-state index in [4.69, 9.17) is 0 Å². The predicted molar refractivity (Wildman–Crippen MR) is 62.1 cm³/mol. The van der Waals surface area contributed by atoms with E-state index in [-0.39, 0.29) is 18.0 Å². The molecule has 92 valence electrons. The smallest absolute Gasteiger partial charge is 0.315 e. The van der Waals surface area contributed by atoms with Crippen LogP contribution in [0.3, 0.4) is 0 Å². The molecule has 1 rings (SSSR count). The van der Waals surface area contributed by atoms with Crippen molar-refractivity contribution >= 4 is 11.9 Å². The van der Waals surface area contributed by atoms with Crippen LogP contribution in [0, 0.1) is 0 Å². The number of carbonyl (C=O) groups is 2. The monoisotopic (exact) mass is 227 g/mol. The summed E-state index contributed by atoms with van der Waals surface area (Å²) in [5.74, 6) is -0.149. The van der Waals surface area contributed by atoms with Gasteiger partial charge in [0.25, 0.3) is 0 Å². The standard InChI is InChI=1S/C11H21N3O2/c1-3-12-10(15)8(2)13-11(16)14-9-6-4-5-7-9/h8-9H,3-7H2,1-2H3,(H,12,15)(H2,13,14,16). The lowest BCUT2D eigenvalue weighted by Crippen LogP contribution is -2.50. The number of amides is 3. The number of rotatable bonds is 4. The van der Waals surface area contributed by atoms with E-state index in [9.17, 15) is 9.59 Å². The van der Waals surface area contributed by atoms with Gasteiger partial charge in [0.2, 0.25) is 5.91 Å². The molecule has 1 atom stereocenters. The van der Waals surface area contributed by atoms with Gasteiger partial charge in [-0.2, -0.15) is 0 Å². The van der Waals surface area contributed by atoms with Crippen molar-refractivity contribution in [1.82, 2.24) is 16.0 Å². The van der Waals surface area contributed by atoms with Gasteiger partial charge in [-0.15, -0.1) is 0 Å². The number of likely N-dealkylation sites (N-methyl/N-ethyl adjacent to an activating group) is 1. The molecule has 1 unspecified atom stereocenters. The van der Waals surface area contributed by atoms with Crippen LogP contribution in [-0.2, 0) is 4.79 Å². The summed E-state index contributed by atoms with van der Waals surface area (Å²) in [4.78, 5) is 22.9. The Morgan fingerprint density at radius 3 is 2.50 bits per heavy atom. The second-order valence-corrected chi connectivity index (χ2v) is 4.22. The average molecular weight is 227 g/mol. The topological polar surface area (TPSA) is 70.2 Å². The zero-order valence-electron chi connectivity index (χ0n) is 10.0. The van der Waals surface area contributed by atoms with Crippen LogP contribution in [0.5, 0.6) is 0 Å². The zero-order chi connectivity index (χ0) is 12.0. The maximum Gasteiger partial charge on any atom is 0.315 e. The summed E-state index contributed by atoms with van der Waals surface area (Å²) in [5, 5.41) is 8.17. The van der Waals surface area contributed by atoms with E-state index in [0.29, 0.717) is 6.54 Å². The summed E-state index contributed by atoms with van der Waals surface area (Å²) in [5.41, 5.74) is 0. The van der Waals surface area contributed by atoms with E-state index in [1.165, 1.54) is 12.8 Å². The lowest BCUT2D eigenvalue weighted by molar-refractivity contribution is -0.122. The van der Waals surface area contributed by atoms with Gasteiger partial charge in [0.05, 0.1) is 0 Å². The van der Waals surface area contributed by atoms with Gasteiger partial charge < -0.3 is 16.0 Å². The molecule has 0 saturated heterocycles. The highest BCUT2D eigenvalue weighted by Crippen LogP contribution is 2.17. The minimum absolute atomic E-state index is 0.149. The largest absolute Gasteiger partial charge is 0.355 e. The summed E-state index contributed by atoms with van der Waals surface area (Å²) in [7, 11) is 0. The van der Waals surface area contributed by atoms with Crippen LogP contribution in [0.2, 0.25) is 0 Å². The van der Waals surface area contributed by atoms with Crippen LogP contribution >= 0.6 is 0 Å². The van der Waals surface area contributed by atoms with Crippen molar-refractivity contribution in [3.63, 3.8) is 0 Å². The first-order valence-electron chi connectivity index (χ1n) is 5.98. The molecule has 0 aromatic carbocycles. The summed E-state index contributed by atoms with van der Waals surface area (Å²) in [6, 6.07) is -0.451. The maximum atomic E-state index is 11.5. The van der Waals surface area contributed by atoms with Gasteiger partial charge in [-0.1, -0.05) is 12.8 Å². The first-order valence-corrected chi connectivity index (χ1v) is 5.98. The molecule has 0 spiro atoms. The molecule has 5 nitrogen and oxygen atoms in total. The van der Waals surface area contributed by atoms with Crippen LogP contribution in [0.4, 0.5) is 4.79 Å². The second kappa shape index (κ2) is 6.35. The normalized spacial score (nSPS) is 17.9. The van der Waals surface area contributed by atoms with Crippen molar-refractivity contribution in [2.24, 2.45) is 0 Å². The molecular formula is C11H21N3O2. The molecule has 0 aliphatic heterocycles. The molecular weight excluding hydrogens is 206 g/mol. The van der Waals surface area contributed by atoms with Gasteiger partial charge in [0.1, 0.15) is 6.04 Å². The Morgan fingerprint density at radius 2 is 1.94 bits per heavy atom. The third kappa shape index (κ3) is 4.08. The van der Waals surface area contributed by atoms with Crippen LogP contribution in [0.15, 0.2) is 0 Å². The molecule has 3 amide bonds. The first kappa shape index (κ1) is 12.8. The highest BCUT2D eigenvalue weighted by atomic mass is 16.2. The van der Waals surface area contributed by atoms with E-state index in [2.05, 4.69) is 16.0 Å². The fraction of sp³-hybridized carbons (Fsp3) is 0.818. The molecule has 1 aliphatic carbocycles. The number of carbonyl (C=O) groups excluding carboxylic acids is 2. The molecule has 1 aliphatic rings. The Labute approximate surface area is 96.4 Å². The molecule has 3 N–H and O–H groups in total. The van der Waals surface area contributed by atoms with E-state index >= 15 is 0 Å². The Balaban J connectivity index is 2.24. The lowest BCUT2D eigenvalue weighted by Gasteiger charge is -2.16. The fourth-order valence-electron chi connectivity index (χ4n) is 1.89. The second-order valence-electron chi connectivity index (χ2n) is 4.22. The van der Waals surface area contributed by atoms with E-state index in [1.54, 1.807) is 6.92 Å². The van der Waals surface area contributed by atoms with Gasteiger partial charge in [-0.3, -0.25) is 4.79 Å². The van der Waals surface area contributed by atoms with Crippen molar-refractivity contribution in [2.45, 2.75) is 51.6 Å². The van der Waals surface area contributed by atoms with E-state index in [0.717, 1.165) is 12.8 Å². The average Bonchev–Trinajstić information content (AvgIpc) is 2.70. The van der Waals surface area contributed by atoms with Crippen LogP contribution in [0.1, 0.15) is 39.5 Å². The molecule has 0 bridgehead atoms. The van der Waals surface area contributed by atoms with E-state index < -0.39 is 6.04 Å². The highest BCUT2D eigenvalue weighted by molar-refractivity contribution is 5.86. The number of urea groups is 1. The minimum atomic E-state index is -0.485. The van der Waals surface area contributed by atoms with Crippen LogP contribution in [0.25, 0.3) is 0 Å². The van der Waals surface area contributed by atoms with Gasteiger partial charge in [0, 0.05) is 12.6 Å². The summed E-state index contributed by atoms with van der Waals surface area (Å²) >= 11 is 0. The number of nitrogens with one attached hydrogen (secondary N) is 3. The van der Waals surface area contributed by atoms with Gasteiger partial charge in [-0.25, -0.2) is 4.79 Å². The Morgan fingerprint density at radius 1 is 1.31 bits per heavy atom. The van der Waals surface area contributed by atoms with Gasteiger partial charge >= 0.3 is 6.03 Å².